The third-order valence-electron chi connectivity index (χ3n) is 6.34. The molecule has 30 heavy (non-hydrogen) atoms. The highest BCUT2D eigenvalue weighted by Crippen LogP contribution is 2.28. The molecule has 2 aliphatic heterocycles. The number of aromatic hydroxyl groups is 1. The SMILES string of the molecule is CCn1ccc2c1C(O)CCN(CCCN1CCN(c3ccc(O)cc3)CC1)C2=O. The van der Waals surface area contributed by atoms with E-state index < -0.39 is 6.10 Å². The van der Waals surface area contributed by atoms with Crippen LogP contribution < -0.4 is 4.90 Å². The largest absolute Gasteiger partial charge is 0.508 e. The number of anilines is 1. The monoisotopic (exact) mass is 412 g/mol. The van der Waals surface area contributed by atoms with Crippen molar-refractivity contribution in [2.75, 3.05) is 50.7 Å². The quantitative estimate of drug-likeness (QED) is 0.762. The maximum absolute atomic E-state index is 13.0. The van der Waals surface area contributed by atoms with Gasteiger partial charge in [-0.1, -0.05) is 0 Å². The molecule has 2 N–H and O–H groups in total. The van der Waals surface area contributed by atoms with Crippen LogP contribution in [0, 0.1) is 0 Å². The first kappa shape index (κ1) is 20.8. The molecule has 1 atom stereocenters. The fourth-order valence-corrected chi connectivity index (χ4v) is 4.59. The highest BCUT2D eigenvalue weighted by molar-refractivity contribution is 5.96. The van der Waals surface area contributed by atoms with Gasteiger partial charge in [-0.3, -0.25) is 9.69 Å². The van der Waals surface area contributed by atoms with Crippen LogP contribution in [0.15, 0.2) is 36.5 Å². The van der Waals surface area contributed by atoms with Crippen molar-refractivity contribution >= 4 is 11.6 Å². The molecule has 7 nitrogen and oxygen atoms in total. The molecule has 0 radical (unpaired) electrons. The Hall–Kier alpha value is -2.51. The van der Waals surface area contributed by atoms with E-state index in [0.29, 0.717) is 24.3 Å². The summed E-state index contributed by atoms with van der Waals surface area (Å²) in [7, 11) is 0. The minimum absolute atomic E-state index is 0.0471. The first-order valence-electron chi connectivity index (χ1n) is 11.0. The third-order valence-corrected chi connectivity index (χ3v) is 6.34. The second kappa shape index (κ2) is 9.10. The van der Waals surface area contributed by atoms with E-state index in [0.717, 1.165) is 63.6 Å². The van der Waals surface area contributed by atoms with Crippen molar-refractivity contribution in [3.8, 4) is 5.75 Å². The number of fused-ring (bicyclic) bond motifs is 1. The number of piperazine rings is 1. The van der Waals surface area contributed by atoms with E-state index in [4.69, 9.17) is 0 Å². The van der Waals surface area contributed by atoms with E-state index in [1.54, 1.807) is 12.1 Å². The van der Waals surface area contributed by atoms with Gasteiger partial charge in [0.1, 0.15) is 5.75 Å². The van der Waals surface area contributed by atoms with Gasteiger partial charge in [0.2, 0.25) is 0 Å². The maximum atomic E-state index is 13.0. The zero-order valence-electron chi connectivity index (χ0n) is 17.7. The first-order chi connectivity index (χ1) is 14.6. The van der Waals surface area contributed by atoms with E-state index in [1.807, 2.05) is 40.8 Å². The summed E-state index contributed by atoms with van der Waals surface area (Å²) in [6.45, 7) is 9.01. The van der Waals surface area contributed by atoms with Crippen molar-refractivity contribution in [2.45, 2.75) is 32.4 Å². The van der Waals surface area contributed by atoms with Gasteiger partial charge in [-0.15, -0.1) is 0 Å². The number of aliphatic hydroxyl groups excluding tert-OH is 1. The summed E-state index contributed by atoms with van der Waals surface area (Å²) in [5.41, 5.74) is 2.58. The number of rotatable bonds is 6. The third kappa shape index (κ3) is 4.32. The Balaban J connectivity index is 1.27. The summed E-state index contributed by atoms with van der Waals surface area (Å²) in [6.07, 6.45) is 2.86. The average molecular weight is 413 g/mol. The second-order valence-corrected chi connectivity index (χ2v) is 8.20. The molecule has 7 heteroatoms. The number of aromatic nitrogens is 1. The normalized spacial score (nSPS) is 20.3. The number of benzene rings is 1. The molecule has 4 rings (SSSR count). The smallest absolute Gasteiger partial charge is 0.255 e. The number of carbonyl (C=O) groups excluding carboxylic acids is 1. The van der Waals surface area contributed by atoms with Crippen molar-refractivity contribution in [3.05, 3.63) is 47.8 Å². The van der Waals surface area contributed by atoms with E-state index >= 15 is 0 Å². The van der Waals surface area contributed by atoms with Gasteiger partial charge in [0.15, 0.2) is 0 Å². The molecule has 1 fully saturated rings. The van der Waals surface area contributed by atoms with Crippen LogP contribution in [0.1, 0.15) is 41.9 Å². The molecular formula is C23H32N4O3. The van der Waals surface area contributed by atoms with Crippen LogP contribution >= 0.6 is 0 Å². The Morgan fingerprint density at radius 1 is 1.00 bits per heavy atom. The van der Waals surface area contributed by atoms with Gasteiger partial charge in [-0.25, -0.2) is 0 Å². The molecule has 0 aliphatic carbocycles. The van der Waals surface area contributed by atoms with Crippen molar-refractivity contribution in [2.24, 2.45) is 0 Å². The molecule has 1 aromatic heterocycles. The van der Waals surface area contributed by atoms with Crippen LogP contribution in [0.5, 0.6) is 5.75 Å². The molecule has 2 aliphatic rings. The second-order valence-electron chi connectivity index (χ2n) is 8.20. The summed E-state index contributed by atoms with van der Waals surface area (Å²) >= 11 is 0. The maximum Gasteiger partial charge on any atom is 0.255 e. The van der Waals surface area contributed by atoms with Crippen LogP contribution in [0.3, 0.4) is 0 Å². The molecular weight excluding hydrogens is 380 g/mol. The minimum Gasteiger partial charge on any atom is -0.508 e. The Morgan fingerprint density at radius 2 is 1.73 bits per heavy atom. The number of hydrogen-bond donors (Lipinski definition) is 2. The molecule has 1 amide bonds. The van der Waals surface area contributed by atoms with Crippen LogP contribution in [-0.4, -0.2) is 76.3 Å². The summed E-state index contributed by atoms with van der Waals surface area (Å²) in [6, 6.07) is 9.24. The van der Waals surface area contributed by atoms with Gasteiger partial charge in [-0.2, -0.15) is 0 Å². The zero-order valence-corrected chi connectivity index (χ0v) is 17.7. The Kier molecular flexibility index (Phi) is 6.29. The number of phenolic OH excluding ortho intramolecular Hbond substituents is 1. The average Bonchev–Trinajstić information content (AvgIpc) is 3.16. The van der Waals surface area contributed by atoms with Crippen LogP contribution in [0.25, 0.3) is 0 Å². The molecule has 162 valence electrons. The summed E-state index contributed by atoms with van der Waals surface area (Å²) in [4.78, 5) is 19.7. The van der Waals surface area contributed by atoms with Gasteiger partial charge >= 0.3 is 0 Å². The Labute approximate surface area is 178 Å². The molecule has 3 heterocycles. The van der Waals surface area contributed by atoms with Gasteiger partial charge in [-0.05, 0) is 56.6 Å². The van der Waals surface area contributed by atoms with Crippen LogP contribution in [0.4, 0.5) is 5.69 Å². The van der Waals surface area contributed by atoms with E-state index in [2.05, 4.69) is 9.80 Å². The number of nitrogens with zero attached hydrogens (tertiary/aromatic N) is 4. The molecule has 1 aromatic carbocycles. The Morgan fingerprint density at radius 3 is 2.43 bits per heavy atom. The number of amides is 1. The number of hydrogen-bond acceptors (Lipinski definition) is 5. The van der Waals surface area contributed by atoms with Crippen LogP contribution in [-0.2, 0) is 6.54 Å². The van der Waals surface area contributed by atoms with Gasteiger partial charge < -0.3 is 24.6 Å². The fourth-order valence-electron chi connectivity index (χ4n) is 4.59. The van der Waals surface area contributed by atoms with E-state index in [9.17, 15) is 15.0 Å². The zero-order chi connectivity index (χ0) is 21.1. The standard InChI is InChI=1S/C23H32N4O3/c1-2-25-12-8-20-22(25)21(29)9-13-27(23(20)30)11-3-10-24-14-16-26(17-15-24)18-4-6-19(28)7-5-18/h4-8,12,21,28-29H,2-3,9-11,13-17H2,1H3. The van der Waals surface area contributed by atoms with Gasteiger partial charge in [0.25, 0.3) is 5.91 Å². The van der Waals surface area contributed by atoms with E-state index in [-0.39, 0.29) is 5.91 Å². The summed E-state index contributed by atoms with van der Waals surface area (Å²) in [5, 5.41) is 20.0. The Bertz CT molecular complexity index is 856. The predicted octanol–water partition coefficient (Wildman–Crippen LogP) is 2.31. The lowest BCUT2D eigenvalue weighted by molar-refractivity contribution is 0.0738. The lowest BCUT2D eigenvalue weighted by Gasteiger charge is -2.36. The summed E-state index contributed by atoms with van der Waals surface area (Å²) < 4.78 is 1.98. The minimum atomic E-state index is -0.572. The van der Waals surface area contributed by atoms with Gasteiger partial charge in [0, 0.05) is 57.7 Å². The topological polar surface area (TPSA) is 72.2 Å². The lowest BCUT2D eigenvalue weighted by atomic mass is 10.1. The predicted molar refractivity (Wildman–Crippen MR) is 117 cm³/mol. The highest BCUT2D eigenvalue weighted by Gasteiger charge is 2.29. The molecule has 0 saturated carbocycles. The lowest BCUT2D eigenvalue weighted by Crippen LogP contribution is -2.47. The molecule has 0 bridgehead atoms. The first-order valence-corrected chi connectivity index (χ1v) is 11.0. The number of carbonyl (C=O) groups is 1. The van der Waals surface area contributed by atoms with Crippen molar-refractivity contribution < 1.29 is 15.0 Å². The molecule has 1 unspecified atom stereocenters. The van der Waals surface area contributed by atoms with Crippen molar-refractivity contribution in [1.82, 2.24) is 14.4 Å². The number of phenols is 1. The molecule has 1 saturated heterocycles. The van der Waals surface area contributed by atoms with E-state index in [1.165, 1.54) is 0 Å². The number of aryl methyl sites for hydroxylation is 1. The van der Waals surface area contributed by atoms with Crippen molar-refractivity contribution in [1.29, 1.82) is 0 Å². The van der Waals surface area contributed by atoms with Crippen molar-refractivity contribution in [3.63, 3.8) is 0 Å². The molecule has 0 spiro atoms. The number of aliphatic hydroxyl groups is 1. The fraction of sp³-hybridized carbons (Fsp3) is 0.522. The highest BCUT2D eigenvalue weighted by atomic mass is 16.3. The van der Waals surface area contributed by atoms with Gasteiger partial charge in [0.05, 0.1) is 17.4 Å². The van der Waals surface area contributed by atoms with Crippen LogP contribution in [0.2, 0.25) is 0 Å². The summed E-state index contributed by atoms with van der Waals surface area (Å²) in [5.74, 6) is 0.345. The molecule has 2 aromatic rings.